The average molecular weight is 275 g/mol. The number of piperidine rings is 1. The van der Waals surface area contributed by atoms with Crippen molar-refractivity contribution in [3.05, 3.63) is 23.0 Å². The first-order valence-corrected chi connectivity index (χ1v) is 7.27. The van der Waals surface area contributed by atoms with Crippen LogP contribution in [0.5, 0.6) is 0 Å². The maximum absolute atomic E-state index is 12.5. The summed E-state index contributed by atoms with van der Waals surface area (Å²) in [5.74, 6) is 0.373. The number of ketones is 1. The Balaban J connectivity index is 1.72. The summed E-state index contributed by atoms with van der Waals surface area (Å²) >= 11 is 0. The highest BCUT2D eigenvalue weighted by molar-refractivity contribution is 5.99. The molecule has 3 rings (SSSR count). The Morgan fingerprint density at radius 3 is 2.95 bits per heavy atom. The zero-order valence-electron chi connectivity index (χ0n) is 12.0. The maximum Gasteiger partial charge on any atom is 0.224 e. The molecule has 5 heteroatoms. The molecule has 2 saturated heterocycles. The van der Waals surface area contributed by atoms with E-state index in [1.54, 1.807) is 0 Å². The van der Waals surface area contributed by atoms with E-state index in [4.69, 9.17) is 0 Å². The van der Waals surface area contributed by atoms with Crippen molar-refractivity contribution in [1.29, 1.82) is 0 Å². The van der Waals surface area contributed by atoms with Gasteiger partial charge in [0.2, 0.25) is 5.91 Å². The Bertz CT molecular complexity index is 549. The van der Waals surface area contributed by atoms with E-state index in [0.717, 1.165) is 36.3 Å². The molecule has 1 amide bonds. The second-order valence-electron chi connectivity index (χ2n) is 5.95. The lowest BCUT2D eigenvalue weighted by atomic mass is 9.91. The Kier molecular flexibility index (Phi) is 3.38. The lowest BCUT2D eigenvalue weighted by Gasteiger charge is -2.35. The molecule has 0 aromatic carbocycles. The Labute approximate surface area is 118 Å². The van der Waals surface area contributed by atoms with E-state index in [1.165, 1.54) is 0 Å². The van der Waals surface area contributed by atoms with E-state index in [1.807, 2.05) is 19.9 Å². The Morgan fingerprint density at radius 2 is 2.25 bits per heavy atom. The van der Waals surface area contributed by atoms with Crippen molar-refractivity contribution in [1.82, 2.24) is 15.2 Å². The molecule has 0 radical (unpaired) electrons. The summed E-state index contributed by atoms with van der Waals surface area (Å²) in [6, 6.07) is 2.11. The van der Waals surface area contributed by atoms with Crippen LogP contribution in [-0.4, -0.2) is 47.3 Å². The highest BCUT2D eigenvalue weighted by atomic mass is 16.2. The molecule has 2 aliphatic heterocycles. The molecule has 2 N–H and O–H groups in total. The summed E-state index contributed by atoms with van der Waals surface area (Å²) in [6.45, 7) is 5.89. The number of nitrogens with one attached hydrogen (secondary N) is 2. The predicted molar refractivity (Wildman–Crippen MR) is 75.7 cm³/mol. The van der Waals surface area contributed by atoms with Crippen molar-refractivity contribution < 1.29 is 9.59 Å². The van der Waals surface area contributed by atoms with Gasteiger partial charge in [-0.25, -0.2) is 0 Å². The van der Waals surface area contributed by atoms with Gasteiger partial charge in [0.15, 0.2) is 5.78 Å². The molecule has 2 atom stereocenters. The number of nitrogens with zero attached hydrogens (tertiary/aromatic N) is 1. The van der Waals surface area contributed by atoms with E-state index < -0.39 is 0 Å². The fourth-order valence-corrected chi connectivity index (χ4v) is 3.52. The molecule has 0 aliphatic carbocycles. The number of H-pyrrole nitrogens is 1. The number of aryl methyl sites for hydroxylation is 2. The van der Waals surface area contributed by atoms with Gasteiger partial charge in [-0.05, 0) is 39.3 Å². The molecule has 3 heterocycles. The molecular formula is C15H21N3O2. The Hall–Kier alpha value is -1.62. The second kappa shape index (κ2) is 5.05. The van der Waals surface area contributed by atoms with Crippen LogP contribution in [0.2, 0.25) is 0 Å². The van der Waals surface area contributed by atoms with Crippen molar-refractivity contribution in [2.75, 3.05) is 19.6 Å². The highest BCUT2D eigenvalue weighted by Gasteiger charge is 2.41. The number of carbonyl (C=O) groups excluding carboxylic acids is 2. The van der Waals surface area contributed by atoms with Gasteiger partial charge in [-0.15, -0.1) is 0 Å². The number of rotatable bonds is 3. The zero-order chi connectivity index (χ0) is 14.3. The minimum Gasteiger partial charge on any atom is -0.362 e. The quantitative estimate of drug-likeness (QED) is 0.810. The average Bonchev–Trinajstić information content (AvgIpc) is 2.94. The molecule has 5 nitrogen and oxygen atoms in total. The summed E-state index contributed by atoms with van der Waals surface area (Å²) in [6.07, 6.45) is 1.94. The van der Waals surface area contributed by atoms with Gasteiger partial charge in [0.25, 0.3) is 0 Å². The fraction of sp³-hybridized carbons (Fsp3) is 0.600. The maximum atomic E-state index is 12.5. The van der Waals surface area contributed by atoms with Crippen LogP contribution in [0.4, 0.5) is 0 Å². The van der Waals surface area contributed by atoms with E-state index in [2.05, 4.69) is 15.2 Å². The van der Waals surface area contributed by atoms with Gasteiger partial charge in [0, 0.05) is 29.5 Å². The number of amides is 1. The second-order valence-corrected chi connectivity index (χ2v) is 5.95. The molecule has 2 fully saturated rings. The molecular weight excluding hydrogens is 254 g/mol. The van der Waals surface area contributed by atoms with Crippen molar-refractivity contribution in [3.8, 4) is 0 Å². The van der Waals surface area contributed by atoms with E-state index in [-0.39, 0.29) is 23.7 Å². The number of hydrogen-bond donors (Lipinski definition) is 2. The molecule has 108 valence electrons. The lowest BCUT2D eigenvalue weighted by Crippen LogP contribution is -2.47. The third-order valence-corrected chi connectivity index (χ3v) is 4.51. The third kappa shape index (κ3) is 2.26. The van der Waals surface area contributed by atoms with Gasteiger partial charge in [-0.3, -0.25) is 14.5 Å². The number of fused-ring (bicyclic) bond motifs is 1. The molecule has 2 aliphatic rings. The summed E-state index contributed by atoms with van der Waals surface area (Å²) in [7, 11) is 0. The summed E-state index contributed by atoms with van der Waals surface area (Å²) in [5.41, 5.74) is 2.73. The summed E-state index contributed by atoms with van der Waals surface area (Å²) in [4.78, 5) is 29.5. The molecule has 0 saturated carbocycles. The minimum atomic E-state index is 0.0746. The molecule has 2 unspecified atom stereocenters. The predicted octanol–water partition coefficient (Wildman–Crippen LogP) is 1.02. The van der Waals surface area contributed by atoms with Gasteiger partial charge < -0.3 is 10.3 Å². The highest BCUT2D eigenvalue weighted by Crippen LogP contribution is 2.27. The van der Waals surface area contributed by atoms with Crippen molar-refractivity contribution in [2.24, 2.45) is 5.92 Å². The van der Waals surface area contributed by atoms with E-state index in [9.17, 15) is 9.59 Å². The Morgan fingerprint density at radius 1 is 1.45 bits per heavy atom. The van der Waals surface area contributed by atoms with Crippen LogP contribution in [0.1, 0.15) is 34.6 Å². The van der Waals surface area contributed by atoms with Gasteiger partial charge in [-0.2, -0.15) is 0 Å². The summed E-state index contributed by atoms with van der Waals surface area (Å²) < 4.78 is 0. The molecule has 1 aromatic heterocycles. The van der Waals surface area contributed by atoms with Crippen LogP contribution in [0.15, 0.2) is 6.07 Å². The number of aromatic amines is 1. The van der Waals surface area contributed by atoms with Crippen LogP contribution in [0.3, 0.4) is 0 Å². The monoisotopic (exact) mass is 275 g/mol. The third-order valence-electron chi connectivity index (χ3n) is 4.51. The largest absolute Gasteiger partial charge is 0.362 e. The standard InChI is InChI=1S/C15H21N3O2/c1-9-6-12(10(2)17-9)14(19)8-18-5-3-4-11-13(18)7-16-15(11)20/h6,11,13,17H,3-5,7-8H2,1-2H3,(H,16,20). The first-order valence-electron chi connectivity index (χ1n) is 7.27. The normalized spacial score (nSPS) is 26.4. The first kappa shape index (κ1) is 13.4. The van der Waals surface area contributed by atoms with Crippen LogP contribution in [-0.2, 0) is 4.79 Å². The van der Waals surface area contributed by atoms with E-state index >= 15 is 0 Å². The molecule has 1 aromatic rings. The number of carbonyl (C=O) groups is 2. The SMILES string of the molecule is Cc1cc(C(=O)CN2CCCC3C(=O)NCC32)c(C)[nH]1. The first-order chi connectivity index (χ1) is 9.56. The minimum absolute atomic E-state index is 0.0746. The lowest BCUT2D eigenvalue weighted by molar-refractivity contribution is -0.124. The molecule has 0 spiro atoms. The zero-order valence-corrected chi connectivity index (χ0v) is 12.0. The number of likely N-dealkylation sites (tertiary alicyclic amines) is 1. The number of Topliss-reactive ketones (excluding diaryl/α,β-unsaturated/α-hetero) is 1. The van der Waals surface area contributed by atoms with E-state index in [0.29, 0.717) is 13.1 Å². The van der Waals surface area contributed by atoms with Crippen molar-refractivity contribution in [2.45, 2.75) is 32.7 Å². The number of hydrogen-bond acceptors (Lipinski definition) is 3. The van der Waals surface area contributed by atoms with Crippen LogP contribution in [0, 0.1) is 19.8 Å². The van der Waals surface area contributed by atoms with Crippen molar-refractivity contribution >= 4 is 11.7 Å². The van der Waals surface area contributed by atoms with Gasteiger partial charge in [0.1, 0.15) is 0 Å². The van der Waals surface area contributed by atoms with Crippen molar-refractivity contribution in [3.63, 3.8) is 0 Å². The molecule has 0 bridgehead atoms. The summed E-state index contributed by atoms with van der Waals surface area (Å²) in [5, 5.41) is 2.92. The molecule has 20 heavy (non-hydrogen) atoms. The fourth-order valence-electron chi connectivity index (χ4n) is 3.52. The van der Waals surface area contributed by atoms with Crippen LogP contribution >= 0.6 is 0 Å². The van der Waals surface area contributed by atoms with Gasteiger partial charge in [-0.1, -0.05) is 0 Å². The number of aromatic nitrogens is 1. The van der Waals surface area contributed by atoms with Gasteiger partial charge in [0.05, 0.1) is 12.5 Å². The van der Waals surface area contributed by atoms with Gasteiger partial charge >= 0.3 is 0 Å². The van der Waals surface area contributed by atoms with Crippen LogP contribution in [0.25, 0.3) is 0 Å². The van der Waals surface area contributed by atoms with Crippen LogP contribution < -0.4 is 5.32 Å². The smallest absolute Gasteiger partial charge is 0.224 e. The topological polar surface area (TPSA) is 65.2 Å².